The number of rotatable bonds is 7. The van der Waals surface area contributed by atoms with Crippen LogP contribution < -0.4 is 4.74 Å². The normalized spacial score (nSPS) is 10.9. The summed E-state index contributed by atoms with van der Waals surface area (Å²) in [7, 11) is 0. The summed E-state index contributed by atoms with van der Waals surface area (Å²) >= 11 is 0. The highest BCUT2D eigenvalue weighted by Crippen LogP contribution is 2.28. The minimum absolute atomic E-state index is 0.0300. The zero-order valence-corrected chi connectivity index (χ0v) is 15.5. The fourth-order valence-electron chi connectivity index (χ4n) is 3.04. The smallest absolute Gasteiger partial charge is 0.125 e. The monoisotopic (exact) mass is 346 g/mol. The maximum absolute atomic E-state index is 9.62. The highest BCUT2D eigenvalue weighted by Gasteiger charge is 2.07. The van der Waals surface area contributed by atoms with E-state index in [2.05, 4.69) is 38.1 Å². The summed E-state index contributed by atoms with van der Waals surface area (Å²) in [4.78, 5) is 0. The van der Waals surface area contributed by atoms with Gasteiger partial charge < -0.3 is 9.84 Å². The van der Waals surface area contributed by atoms with Crippen molar-refractivity contribution in [1.29, 1.82) is 0 Å². The molecule has 134 valence electrons. The van der Waals surface area contributed by atoms with Crippen molar-refractivity contribution >= 4 is 0 Å². The molecule has 0 saturated carbocycles. The Morgan fingerprint density at radius 1 is 0.808 bits per heavy atom. The Balaban J connectivity index is 1.80. The van der Waals surface area contributed by atoms with Crippen molar-refractivity contribution < 1.29 is 9.84 Å². The van der Waals surface area contributed by atoms with Gasteiger partial charge in [-0.05, 0) is 40.7 Å². The first-order valence-electron chi connectivity index (χ1n) is 9.15. The van der Waals surface area contributed by atoms with Crippen molar-refractivity contribution in [2.75, 3.05) is 0 Å². The fourth-order valence-corrected chi connectivity index (χ4v) is 3.04. The van der Waals surface area contributed by atoms with Gasteiger partial charge in [0.1, 0.15) is 12.4 Å². The van der Waals surface area contributed by atoms with E-state index in [9.17, 15) is 5.11 Å². The molecule has 1 N–H and O–H groups in total. The van der Waals surface area contributed by atoms with Gasteiger partial charge >= 0.3 is 0 Å². The Morgan fingerprint density at radius 3 is 2.15 bits per heavy atom. The molecule has 3 rings (SSSR count). The molecule has 26 heavy (non-hydrogen) atoms. The third kappa shape index (κ3) is 4.74. The van der Waals surface area contributed by atoms with Crippen LogP contribution in [0.5, 0.6) is 5.75 Å². The van der Waals surface area contributed by atoms with E-state index in [4.69, 9.17) is 4.74 Å². The molecule has 0 bridgehead atoms. The predicted molar refractivity (Wildman–Crippen MR) is 107 cm³/mol. The molecule has 0 aromatic heterocycles. The number of hydrogen-bond donors (Lipinski definition) is 1. The van der Waals surface area contributed by atoms with Gasteiger partial charge in [-0.3, -0.25) is 0 Å². The first-order valence-corrected chi connectivity index (χ1v) is 9.15. The zero-order chi connectivity index (χ0) is 18.4. The van der Waals surface area contributed by atoms with Crippen molar-refractivity contribution in [3.05, 3.63) is 89.5 Å². The van der Waals surface area contributed by atoms with Crippen molar-refractivity contribution in [1.82, 2.24) is 0 Å². The summed E-state index contributed by atoms with van der Waals surface area (Å²) in [6, 6.07) is 24.8. The van der Waals surface area contributed by atoms with Crippen LogP contribution in [0.15, 0.2) is 72.8 Å². The maximum atomic E-state index is 9.62. The average molecular weight is 346 g/mol. The van der Waals surface area contributed by atoms with Crippen LogP contribution in [0, 0.1) is 5.92 Å². The summed E-state index contributed by atoms with van der Waals surface area (Å²) in [6.07, 6.45) is 1.09. The Hall–Kier alpha value is -2.58. The second-order valence-electron chi connectivity index (χ2n) is 7.05. The van der Waals surface area contributed by atoms with Gasteiger partial charge in [-0.15, -0.1) is 0 Å². The number of ether oxygens (including phenoxy) is 1. The molecule has 0 amide bonds. The van der Waals surface area contributed by atoms with Crippen molar-refractivity contribution in [3.8, 4) is 16.9 Å². The van der Waals surface area contributed by atoms with Gasteiger partial charge in [0.05, 0.1) is 6.61 Å². The summed E-state index contributed by atoms with van der Waals surface area (Å²) < 4.78 is 5.99. The Labute approximate surface area is 156 Å². The van der Waals surface area contributed by atoms with E-state index in [1.165, 1.54) is 5.56 Å². The summed E-state index contributed by atoms with van der Waals surface area (Å²) in [5.74, 6) is 1.39. The quantitative estimate of drug-likeness (QED) is 0.601. The fraction of sp³-hybridized carbons (Fsp3) is 0.250. The largest absolute Gasteiger partial charge is 0.489 e. The molecule has 0 atom stereocenters. The van der Waals surface area contributed by atoms with Crippen LogP contribution in [0.25, 0.3) is 11.1 Å². The summed E-state index contributed by atoms with van der Waals surface area (Å²) in [5.41, 5.74) is 5.53. The molecule has 0 fully saturated rings. The molecule has 0 aliphatic rings. The van der Waals surface area contributed by atoms with E-state index in [1.54, 1.807) is 0 Å². The number of hydrogen-bond acceptors (Lipinski definition) is 2. The van der Waals surface area contributed by atoms with Gasteiger partial charge in [0, 0.05) is 5.56 Å². The molecule has 3 aromatic rings. The van der Waals surface area contributed by atoms with Crippen LogP contribution in [-0.4, -0.2) is 5.11 Å². The molecule has 0 aliphatic carbocycles. The average Bonchev–Trinajstić information content (AvgIpc) is 2.67. The van der Waals surface area contributed by atoms with E-state index >= 15 is 0 Å². The lowest BCUT2D eigenvalue weighted by Gasteiger charge is -2.13. The molecule has 0 unspecified atom stereocenters. The minimum Gasteiger partial charge on any atom is -0.489 e. The molecule has 0 aliphatic heterocycles. The molecule has 0 heterocycles. The summed E-state index contributed by atoms with van der Waals surface area (Å²) in [5, 5.41) is 9.62. The Kier molecular flexibility index (Phi) is 6.08. The van der Waals surface area contributed by atoms with Gasteiger partial charge in [-0.2, -0.15) is 0 Å². The maximum Gasteiger partial charge on any atom is 0.125 e. The van der Waals surface area contributed by atoms with Gasteiger partial charge in [-0.25, -0.2) is 0 Å². The minimum atomic E-state index is -0.0300. The zero-order valence-electron chi connectivity index (χ0n) is 15.5. The second kappa shape index (κ2) is 8.68. The second-order valence-corrected chi connectivity index (χ2v) is 7.05. The number of aliphatic hydroxyl groups excluding tert-OH is 1. The number of aliphatic hydroxyl groups is 1. The van der Waals surface area contributed by atoms with Crippen molar-refractivity contribution in [2.24, 2.45) is 5.92 Å². The van der Waals surface area contributed by atoms with Crippen molar-refractivity contribution in [3.63, 3.8) is 0 Å². The van der Waals surface area contributed by atoms with Gasteiger partial charge in [0.2, 0.25) is 0 Å². The highest BCUT2D eigenvalue weighted by molar-refractivity contribution is 5.66. The molecule has 0 radical (unpaired) electrons. The predicted octanol–water partition coefficient (Wildman–Crippen LogP) is 5.62. The third-order valence-electron chi connectivity index (χ3n) is 4.41. The SMILES string of the molecule is CC(C)Cc1ccc(-c2ccc(CO)c(OCc3ccccc3)c2)cc1. The number of benzene rings is 3. The van der Waals surface area contributed by atoms with Gasteiger partial charge in [0.25, 0.3) is 0 Å². The first-order chi connectivity index (χ1) is 12.7. The molecule has 0 spiro atoms. The third-order valence-corrected chi connectivity index (χ3v) is 4.41. The van der Waals surface area contributed by atoms with Crippen LogP contribution in [0.3, 0.4) is 0 Å². The molecule has 3 aromatic carbocycles. The standard InChI is InChI=1S/C24H26O2/c1-18(2)14-19-8-10-21(11-9-19)22-12-13-23(16-25)24(15-22)26-17-20-6-4-3-5-7-20/h3-13,15,18,25H,14,16-17H2,1-2H3. The molecular formula is C24H26O2. The van der Waals surface area contributed by atoms with Crippen LogP contribution in [-0.2, 0) is 19.6 Å². The van der Waals surface area contributed by atoms with E-state index < -0.39 is 0 Å². The lowest BCUT2D eigenvalue weighted by molar-refractivity contribution is 0.259. The van der Waals surface area contributed by atoms with Crippen molar-refractivity contribution in [2.45, 2.75) is 33.5 Å². The molecule has 0 saturated heterocycles. The van der Waals surface area contributed by atoms with Crippen LogP contribution in [0.1, 0.15) is 30.5 Å². The molecule has 2 heteroatoms. The lowest BCUT2D eigenvalue weighted by Crippen LogP contribution is -1.99. The van der Waals surface area contributed by atoms with Crippen LogP contribution >= 0.6 is 0 Å². The highest BCUT2D eigenvalue weighted by atomic mass is 16.5. The first kappa shape index (κ1) is 18.2. The van der Waals surface area contributed by atoms with E-state index in [-0.39, 0.29) is 6.61 Å². The lowest BCUT2D eigenvalue weighted by atomic mass is 9.98. The van der Waals surface area contributed by atoms with Gasteiger partial charge in [0.15, 0.2) is 0 Å². The van der Waals surface area contributed by atoms with E-state index in [0.717, 1.165) is 34.4 Å². The van der Waals surface area contributed by atoms with Crippen LogP contribution in [0.4, 0.5) is 0 Å². The molecular weight excluding hydrogens is 320 g/mol. The topological polar surface area (TPSA) is 29.5 Å². The molecule has 2 nitrogen and oxygen atoms in total. The van der Waals surface area contributed by atoms with Crippen LogP contribution in [0.2, 0.25) is 0 Å². The Bertz CT molecular complexity index is 821. The Morgan fingerprint density at radius 2 is 1.50 bits per heavy atom. The van der Waals surface area contributed by atoms with Gasteiger partial charge in [-0.1, -0.05) is 80.6 Å². The van der Waals surface area contributed by atoms with E-state index in [0.29, 0.717) is 12.5 Å². The van der Waals surface area contributed by atoms with E-state index in [1.807, 2.05) is 48.5 Å². The summed E-state index contributed by atoms with van der Waals surface area (Å²) in [6.45, 7) is 4.93.